The number of para-hydroxylation sites is 2. The van der Waals surface area contributed by atoms with Crippen molar-refractivity contribution in [1.82, 2.24) is 4.31 Å². The quantitative estimate of drug-likeness (QED) is 0.286. The van der Waals surface area contributed by atoms with Crippen LogP contribution in [0.2, 0.25) is 0 Å². The first-order chi connectivity index (χ1) is 17.5. The summed E-state index contributed by atoms with van der Waals surface area (Å²) < 4.78 is 54.4. The fourth-order valence-corrected chi connectivity index (χ4v) is 6.65. The molecule has 0 heterocycles. The number of nitro groups is 1. The lowest BCUT2D eigenvalue weighted by Gasteiger charge is -2.24. The molecule has 3 aromatic rings. The third-order valence-corrected chi connectivity index (χ3v) is 9.33. The van der Waals surface area contributed by atoms with Crippen LogP contribution in [0, 0.1) is 10.1 Å². The minimum atomic E-state index is -4.51. The van der Waals surface area contributed by atoms with Crippen molar-refractivity contribution in [2.75, 3.05) is 29.3 Å². The molecule has 0 radical (unpaired) electrons. The number of rotatable bonds is 11. The minimum Gasteiger partial charge on any atom is -0.325 e. The van der Waals surface area contributed by atoms with Crippen molar-refractivity contribution in [3.05, 3.63) is 89.0 Å². The van der Waals surface area contributed by atoms with E-state index in [1.165, 1.54) is 52.8 Å². The molecule has 11 nitrogen and oxygen atoms in total. The molecule has 0 aliphatic rings. The zero-order valence-electron chi connectivity index (χ0n) is 20.1. The van der Waals surface area contributed by atoms with Gasteiger partial charge in [-0.2, -0.15) is 4.31 Å². The molecule has 13 heteroatoms. The first-order valence-electron chi connectivity index (χ1n) is 11.2. The number of carbonyl (C=O) groups excluding carboxylic acids is 1. The maximum atomic E-state index is 13.5. The van der Waals surface area contributed by atoms with Gasteiger partial charge in [-0.25, -0.2) is 16.8 Å². The molecular formula is C24H26N4O7S2. The Morgan fingerprint density at radius 2 is 1.41 bits per heavy atom. The van der Waals surface area contributed by atoms with Crippen LogP contribution < -0.4 is 9.62 Å². The zero-order valence-corrected chi connectivity index (χ0v) is 21.8. The largest absolute Gasteiger partial charge is 0.325 e. The van der Waals surface area contributed by atoms with Crippen molar-refractivity contribution in [3.63, 3.8) is 0 Å². The van der Waals surface area contributed by atoms with E-state index in [-0.39, 0.29) is 16.3 Å². The van der Waals surface area contributed by atoms with E-state index in [2.05, 4.69) is 5.32 Å². The van der Waals surface area contributed by atoms with E-state index in [1.807, 2.05) is 0 Å². The van der Waals surface area contributed by atoms with Crippen molar-refractivity contribution >= 4 is 43.0 Å². The molecule has 1 N–H and O–H groups in total. The van der Waals surface area contributed by atoms with Crippen molar-refractivity contribution in [2.45, 2.75) is 23.6 Å². The highest BCUT2D eigenvalue weighted by atomic mass is 32.2. The van der Waals surface area contributed by atoms with Crippen molar-refractivity contribution < 1.29 is 26.6 Å². The van der Waals surface area contributed by atoms with Crippen LogP contribution in [0.3, 0.4) is 0 Å². The smallest absolute Gasteiger partial charge is 0.289 e. The van der Waals surface area contributed by atoms with Crippen LogP contribution in [0.25, 0.3) is 0 Å². The Morgan fingerprint density at radius 1 is 0.838 bits per heavy atom. The van der Waals surface area contributed by atoms with Crippen molar-refractivity contribution in [2.24, 2.45) is 0 Å². The highest BCUT2D eigenvalue weighted by molar-refractivity contribution is 7.93. The molecule has 1 amide bonds. The van der Waals surface area contributed by atoms with Crippen LogP contribution in [0.4, 0.5) is 17.1 Å². The standard InChI is InChI=1S/C24H26N4O7S2/c1-3-26(4-2)36(32,33)21-16-14-19(15-17-21)25-24(29)18-27(20-10-6-5-7-11-20)37(34,35)23-13-9-8-12-22(23)28(30)31/h5-17H,3-4,18H2,1-2H3,(H,25,29). The fourth-order valence-electron chi connectivity index (χ4n) is 3.61. The molecule has 0 unspecified atom stereocenters. The Morgan fingerprint density at radius 3 is 1.97 bits per heavy atom. The summed E-state index contributed by atoms with van der Waals surface area (Å²) in [6.07, 6.45) is 0. The lowest BCUT2D eigenvalue weighted by atomic mass is 10.3. The third kappa shape index (κ3) is 6.13. The zero-order chi connectivity index (χ0) is 27.2. The molecular weight excluding hydrogens is 520 g/mol. The molecule has 0 fully saturated rings. The van der Waals surface area contributed by atoms with E-state index in [0.717, 1.165) is 16.4 Å². The number of sulfonamides is 2. The summed E-state index contributed by atoms with van der Waals surface area (Å²) in [5.74, 6) is -0.731. The second kappa shape index (κ2) is 11.5. The Hall–Kier alpha value is -3.81. The molecule has 0 aliphatic heterocycles. The monoisotopic (exact) mass is 546 g/mol. The van der Waals surface area contributed by atoms with Gasteiger partial charge in [-0.3, -0.25) is 19.2 Å². The van der Waals surface area contributed by atoms with Gasteiger partial charge in [0.05, 0.1) is 15.5 Å². The van der Waals surface area contributed by atoms with Gasteiger partial charge in [0.1, 0.15) is 6.54 Å². The van der Waals surface area contributed by atoms with E-state index >= 15 is 0 Å². The number of hydrogen-bond acceptors (Lipinski definition) is 7. The summed E-state index contributed by atoms with van der Waals surface area (Å²) in [5, 5.41) is 14.0. The Balaban J connectivity index is 1.89. The topological polar surface area (TPSA) is 147 Å². The van der Waals surface area contributed by atoms with Gasteiger partial charge in [-0.05, 0) is 42.5 Å². The summed E-state index contributed by atoms with van der Waals surface area (Å²) in [5.41, 5.74) is -0.232. The highest BCUT2D eigenvalue weighted by Gasteiger charge is 2.33. The van der Waals surface area contributed by atoms with Crippen LogP contribution in [-0.2, 0) is 24.8 Å². The van der Waals surface area contributed by atoms with Gasteiger partial charge in [0, 0.05) is 24.8 Å². The average molecular weight is 547 g/mol. The Bertz CT molecular complexity index is 1470. The summed E-state index contributed by atoms with van der Waals surface area (Å²) in [6.45, 7) is 3.39. The molecule has 3 rings (SSSR count). The lowest BCUT2D eigenvalue weighted by molar-refractivity contribution is -0.387. The Kier molecular flexibility index (Phi) is 8.63. The number of carbonyl (C=O) groups is 1. The molecule has 0 saturated carbocycles. The van der Waals surface area contributed by atoms with E-state index in [4.69, 9.17) is 0 Å². The van der Waals surface area contributed by atoms with Gasteiger partial charge in [-0.1, -0.05) is 44.2 Å². The van der Waals surface area contributed by atoms with Crippen LogP contribution in [0.5, 0.6) is 0 Å². The number of nitrogens with zero attached hydrogens (tertiary/aromatic N) is 3. The van der Waals surface area contributed by atoms with Gasteiger partial charge in [-0.15, -0.1) is 0 Å². The minimum absolute atomic E-state index is 0.0547. The fraction of sp³-hybridized carbons (Fsp3) is 0.208. The number of nitro benzene ring substituents is 1. The van der Waals surface area contributed by atoms with E-state index in [1.54, 1.807) is 32.0 Å². The normalized spacial score (nSPS) is 11.8. The van der Waals surface area contributed by atoms with Crippen LogP contribution >= 0.6 is 0 Å². The number of anilines is 2. The first kappa shape index (κ1) is 27.8. The molecule has 0 saturated heterocycles. The summed E-state index contributed by atoms with van der Waals surface area (Å²) in [6, 6.07) is 18.1. The number of nitrogens with one attached hydrogen (secondary N) is 1. The van der Waals surface area contributed by atoms with E-state index < -0.39 is 48.0 Å². The van der Waals surface area contributed by atoms with E-state index in [0.29, 0.717) is 13.1 Å². The van der Waals surface area contributed by atoms with Gasteiger partial charge in [0.15, 0.2) is 4.90 Å². The van der Waals surface area contributed by atoms with Crippen LogP contribution in [0.1, 0.15) is 13.8 Å². The number of hydrogen-bond donors (Lipinski definition) is 1. The maximum Gasteiger partial charge on any atom is 0.289 e. The molecule has 37 heavy (non-hydrogen) atoms. The second-order valence-electron chi connectivity index (χ2n) is 7.73. The predicted molar refractivity (Wildman–Crippen MR) is 139 cm³/mol. The van der Waals surface area contributed by atoms with Crippen molar-refractivity contribution in [1.29, 1.82) is 0 Å². The second-order valence-corrected chi connectivity index (χ2v) is 11.5. The van der Waals surface area contributed by atoms with Crippen LogP contribution in [-0.4, -0.2) is 51.6 Å². The van der Waals surface area contributed by atoms with E-state index in [9.17, 15) is 31.7 Å². The predicted octanol–water partition coefficient (Wildman–Crippen LogP) is 3.46. The SMILES string of the molecule is CCN(CC)S(=O)(=O)c1ccc(NC(=O)CN(c2ccccc2)S(=O)(=O)c2ccccc2[N+](=O)[O-])cc1. The average Bonchev–Trinajstić information content (AvgIpc) is 2.88. The summed E-state index contributed by atoms with van der Waals surface area (Å²) >= 11 is 0. The number of amides is 1. The summed E-state index contributed by atoms with van der Waals surface area (Å²) in [4.78, 5) is 23.1. The van der Waals surface area contributed by atoms with Gasteiger partial charge < -0.3 is 5.32 Å². The molecule has 0 aliphatic carbocycles. The third-order valence-electron chi connectivity index (χ3n) is 5.44. The molecule has 196 valence electrons. The molecule has 3 aromatic carbocycles. The van der Waals surface area contributed by atoms with Crippen LogP contribution in [0.15, 0.2) is 88.7 Å². The van der Waals surface area contributed by atoms with Gasteiger partial charge in [0.2, 0.25) is 15.9 Å². The summed E-state index contributed by atoms with van der Waals surface area (Å²) in [7, 11) is -8.20. The molecule has 0 spiro atoms. The maximum absolute atomic E-state index is 13.5. The number of benzene rings is 3. The first-order valence-corrected chi connectivity index (χ1v) is 14.1. The lowest BCUT2D eigenvalue weighted by Crippen LogP contribution is -2.38. The molecule has 0 atom stereocenters. The van der Waals surface area contributed by atoms with Gasteiger partial charge >= 0.3 is 0 Å². The van der Waals surface area contributed by atoms with Crippen molar-refractivity contribution in [3.8, 4) is 0 Å². The Labute approximate surface area is 215 Å². The molecule has 0 bridgehead atoms. The van der Waals surface area contributed by atoms with Gasteiger partial charge in [0.25, 0.3) is 15.7 Å². The molecule has 0 aromatic heterocycles. The highest BCUT2D eigenvalue weighted by Crippen LogP contribution is 2.29.